The first-order valence-electron chi connectivity index (χ1n) is 8.12. The molecule has 4 rings (SSSR count). The number of aromatic amines is 1. The molecule has 0 bridgehead atoms. The van der Waals surface area contributed by atoms with Crippen LogP contribution in [0.4, 0.5) is 5.95 Å². The topological polar surface area (TPSA) is 105 Å². The Hall–Kier alpha value is -2.39. The standard InChI is InChI=1S/C16H17ClN6O2S/c1-10-12(15(17)23(22-10)11-6-7-26(24,25)9-11)8-18-21-16-19-13-4-2-3-5-14(13)20-16/h2-5,8,11H,6-7,9H2,1H3,(H2,19,20,21)/b18-8-/t11-/m0/s1. The summed E-state index contributed by atoms with van der Waals surface area (Å²) in [5, 5.41) is 8.96. The van der Waals surface area contributed by atoms with Gasteiger partial charge < -0.3 is 4.98 Å². The molecule has 0 saturated carbocycles. The van der Waals surface area contributed by atoms with Crippen LogP contribution in [0.5, 0.6) is 0 Å². The molecule has 10 heteroatoms. The lowest BCUT2D eigenvalue weighted by Gasteiger charge is -2.09. The first-order chi connectivity index (χ1) is 12.4. The predicted octanol–water partition coefficient (Wildman–Crippen LogP) is 2.53. The smallest absolute Gasteiger partial charge is 0.222 e. The number of hydrogen-bond acceptors (Lipinski definition) is 6. The van der Waals surface area contributed by atoms with Crippen LogP contribution in [0.2, 0.25) is 5.15 Å². The number of nitrogens with one attached hydrogen (secondary N) is 2. The fourth-order valence-electron chi connectivity index (χ4n) is 3.05. The number of benzene rings is 1. The van der Waals surface area contributed by atoms with Crippen molar-refractivity contribution in [3.8, 4) is 0 Å². The lowest BCUT2D eigenvalue weighted by molar-refractivity contribution is 0.497. The van der Waals surface area contributed by atoms with E-state index in [4.69, 9.17) is 11.6 Å². The van der Waals surface area contributed by atoms with Gasteiger partial charge in [-0.05, 0) is 25.5 Å². The molecule has 0 spiro atoms. The number of hydrazone groups is 1. The summed E-state index contributed by atoms with van der Waals surface area (Å²) in [4.78, 5) is 7.49. The molecule has 0 aliphatic carbocycles. The van der Waals surface area contributed by atoms with Crippen molar-refractivity contribution in [2.45, 2.75) is 19.4 Å². The van der Waals surface area contributed by atoms with Crippen molar-refractivity contribution in [2.75, 3.05) is 16.9 Å². The first-order valence-corrected chi connectivity index (χ1v) is 10.3. The highest BCUT2D eigenvalue weighted by Crippen LogP contribution is 2.29. The van der Waals surface area contributed by atoms with Gasteiger partial charge in [-0.25, -0.2) is 23.5 Å². The number of H-pyrrole nitrogens is 1. The van der Waals surface area contributed by atoms with E-state index in [1.807, 2.05) is 31.2 Å². The summed E-state index contributed by atoms with van der Waals surface area (Å²) in [5.41, 5.74) is 5.94. The van der Waals surface area contributed by atoms with Crippen molar-refractivity contribution >= 4 is 44.6 Å². The lowest BCUT2D eigenvalue weighted by Crippen LogP contribution is -2.12. The van der Waals surface area contributed by atoms with E-state index >= 15 is 0 Å². The van der Waals surface area contributed by atoms with E-state index in [1.165, 1.54) is 0 Å². The molecule has 1 atom stereocenters. The Kier molecular flexibility index (Phi) is 4.20. The molecule has 1 saturated heterocycles. The molecule has 1 fully saturated rings. The van der Waals surface area contributed by atoms with Crippen molar-refractivity contribution in [3.05, 3.63) is 40.7 Å². The van der Waals surface area contributed by atoms with Crippen LogP contribution < -0.4 is 5.43 Å². The van der Waals surface area contributed by atoms with Crippen LogP contribution >= 0.6 is 11.6 Å². The Bertz CT molecular complexity index is 1070. The minimum Gasteiger partial charge on any atom is -0.323 e. The lowest BCUT2D eigenvalue weighted by atomic mass is 10.2. The van der Waals surface area contributed by atoms with Gasteiger partial charge in [-0.1, -0.05) is 23.7 Å². The SMILES string of the molecule is Cc1nn([C@H]2CCS(=O)(=O)C2)c(Cl)c1/C=N\Nc1nc2ccccc2[nH]1. The van der Waals surface area contributed by atoms with E-state index in [1.54, 1.807) is 10.9 Å². The van der Waals surface area contributed by atoms with Crippen LogP contribution in [0, 0.1) is 6.92 Å². The first kappa shape index (κ1) is 17.0. The molecule has 0 unspecified atom stereocenters. The van der Waals surface area contributed by atoms with E-state index < -0.39 is 9.84 Å². The maximum atomic E-state index is 11.7. The number of rotatable bonds is 4. The second-order valence-electron chi connectivity index (χ2n) is 6.26. The second kappa shape index (κ2) is 6.40. The summed E-state index contributed by atoms with van der Waals surface area (Å²) >= 11 is 6.41. The van der Waals surface area contributed by atoms with Crippen molar-refractivity contribution in [3.63, 3.8) is 0 Å². The van der Waals surface area contributed by atoms with E-state index in [9.17, 15) is 8.42 Å². The van der Waals surface area contributed by atoms with Crippen molar-refractivity contribution in [1.29, 1.82) is 0 Å². The molecule has 2 aromatic heterocycles. The number of para-hydroxylation sites is 2. The fourth-order valence-corrected chi connectivity index (χ4v) is 5.11. The summed E-state index contributed by atoms with van der Waals surface area (Å²) in [6, 6.07) is 7.45. The molecule has 26 heavy (non-hydrogen) atoms. The number of imidazole rings is 1. The second-order valence-corrected chi connectivity index (χ2v) is 8.85. The molecule has 8 nitrogen and oxygen atoms in total. The summed E-state index contributed by atoms with van der Waals surface area (Å²) in [5.74, 6) is 0.761. The quantitative estimate of drug-likeness (QED) is 0.524. The Labute approximate surface area is 155 Å². The number of sulfone groups is 1. The van der Waals surface area contributed by atoms with Gasteiger partial charge >= 0.3 is 0 Å². The number of aryl methyl sites for hydroxylation is 1. The Morgan fingerprint density at radius 2 is 2.23 bits per heavy atom. The third-order valence-electron chi connectivity index (χ3n) is 4.38. The van der Waals surface area contributed by atoms with Crippen LogP contribution in [-0.4, -0.2) is 45.9 Å². The van der Waals surface area contributed by atoms with Gasteiger partial charge in [0.2, 0.25) is 5.95 Å². The molecule has 1 aliphatic heterocycles. The maximum absolute atomic E-state index is 11.7. The van der Waals surface area contributed by atoms with Gasteiger partial charge in [-0.3, -0.25) is 0 Å². The summed E-state index contributed by atoms with van der Waals surface area (Å²) in [6.45, 7) is 1.81. The highest BCUT2D eigenvalue weighted by atomic mass is 35.5. The Morgan fingerprint density at radius 3 is 2.96 bits per heavy atom. The summed E-state index contributed by atoms with van der Waals surface area (Å²) in [7, 11) is -3.01. The zero-order valence-corrected chi connectivity index (χ0v) is 15.5. The van der Waals surface area contributed by atoms with Gasteiger partial charge in [-0.15, -0.1) is 0 Å². The molecule has 2 N–H and O–H groups in total. The van der Waals surface area contributed by atoms with Gasteiger partial charge in [0, 0.05) is 0 Å². The van der Waals surface area contributed by atoms with Crippen LogP contribution in [0.1, 0.15) is 23.7 Å². The van der Waals surface area contributed by atoms with Crippen molar-refractivity contribution in [1.82, 2.24) is 19.7 Å². The van der Waals surface area contributed by atoms with E-state index in [-0.39, 0.29) is 17.5 Å². The molecular weight excluding hydrogens is 376 g/mol. The van der Waals surface area contributed by atoms with Crippen LogP contribution in [0.3, 0.4) is 0 Å². The maximum Gasteiger partial charge on any atom is 0.222 e. The minimum absolute atomic E-state index is 0.0711. The molecule has 3 aromatic rings. The van der Waals surface area contributed by atoms with Crippen molar-refractivity contribution in [2.24, 2.45) is 5.10 Å². The van der Waals surface area contributed by atoms with Gasteiger partial charge in [0.15, 0.2) is 9.84 Å². The zero-order valence-electron chi connectivity index (χ0n) is 14.0. The molecule has 136 valence electrons. The van der Waals surface area contributed by atoms with Gasteiger partial charge in [0.1, 0.15) is 5.15 Å². The third-order valence-corrected chi connectivity index (χ3v) is 6.51. The number of anilines is 1. The zero-order chi connectivity index (χ0) is 18.3. The van der Waals surface area contributed by atoms with E-state index in [2.05, 4.69) is 25.6 Å². The highest BCUT2D eigenvalue weighted by molar-refractivity contribution is 7.91. The van der Waals surface area contributed by atoms with Gasteiger partial charge in [0.25, 0.3) is 0 Å². The van der Waals surface area contributed by atoms with Gasteiger partial charge in [0.05, 0.1) is 46.1 Å². The Balaban J connectivity index is 1.53. The molecule has 1 aliphatic rings. The van der Waals surface area contributed by atoms with Crippen molar-refractivity contribution < 1.29 is 8.42 Å². The summed E-state index contributed by atoms with van der Waals surface area (Å²) in [6.07, 6.45) is 2.09. The average Bonchev–Trinajstić information content (AvgIpc) is 3.25. The van der Waals surface area contributed by atoms with E-state index in [0.29, 0.717) is 28.8 Å². The molecule has 3 heterocycles. The molecule has 0 radical (unpaired) electrons. The van der Waals surface area contributed by atoms with Crippen LogP contribution in [0.15, 0.2) is 29.4 Å². The normalized spacial score (nSPS) is 19.5. The Morgan fingerprint density at radius 1 is 1.42 bits per heavy atom. The largest absolute Gasteiger partial charge is 0.323 e. The number of fused-ring (bicyclic) bond motifs is 1. The van der Waals surface area contributed by atoms with E-state index in [0.717, 1.165) is 11.0 Å². The van der Waals surface area contributed by atoms with Crippen LogP contribution in [0.25, 0.3) is 11.0 Å². The molecule has 0 amide bonds. The third kappa shape index (κ3) is 3.19. The monoisotopic (exact) mass is 392 g/mol. The highest BCUT2D eigenvalue weighted by Gasteiger charge is 2.31. The number of hydrogen-bond donors (Lipinski definition) is 2. The van der Waals surface area contributed by atoms with Gasteiger partial charge in [-0.2, -0.15) is 10.2 Å². The fraction of sp³-hybridized carbons (Fsp3) is 0.312. The number of nitrogens with zero attached hydrogens (tertiary/aromatic N) is 4. The molecular formula is C16H17ClN6O2S. The van der Waals surface area contributed by atoms with Crippen LogP contribution in [-0.2, 0) is 9.84 Å². The number of aromatic nitrogens is 4. The number of halogens is 1. The molecule has 1 aromatic carbocycles. The minimum atomic E-state index is -3.01. The summed E-state index contributed by atoms with van der Waals surface area (Å²) < 4.78 is 25.0. The predicted molar refractivity (Wildman–Crippen MR) is 102 cm³/mol. The average molecular weight is 393 g/mol.